The van der Waals surface area contributed by atoms with Gasteiger partial charge in [0.2, 0.25) is 0 Å². The van der Waals surface area contributed by atoms with Crippen LogP contribution in [-0.2, 0) is 0 Å². The molecule has 68 valence electrons. The highest BCUT2D eigenvalue weighted by molar-refractivity contribution is 4.97. The second-order valence-corrected chi connectivity index (χ2v) is 4.26. The van der Waals surface area contributed by atoms with Crippen LogP contribution in [0.25, 0.3) is 0 Å². The molecule has 1 aliphatic heterocycles. The molecule has 12 heavy (non-hydrogen) atoms. The smallest absolute Gasteiger partial charge is 0.0163 e. The lowest BCUT2D eigenvalue weighted by atomic mass is 10.0. The molecular weight excluding hydrogens is 146 g/mol. The summed E-state index contributed by atoms with van der Waals surface area (Å²) >= 11 is 0. The summed E-state index contributed by atoms with van der Waals surface area (Å²) in [5, 5.41) is 0. The summed E-state index contributed by atoms with van der Waals surface area (Å²) in [6.07, 6.45) is 9.01. The van der Waals surface area contributed by atoms with Crippen LogP contribution in [0.1, 0.15) is 26.2 Å². The largest absolute Gasteiger partial charge is 0.299 e. The van der Waals surface area contributed by atoms with Crippen LogP contribution in [0, 0.1) is 11.8 Å². The van der Waals surface area contributed by atoms with Crippen LogP contribution in [-0.4, -0.2) is 24.5 Å². The molecule has 0 radical (unpaired) electrons. The summed E-state index contributed by atoms with van der Waals surface area (Å²) in [5.41, 5.74) is 0. The van der Waals surface area contributed by atoms with E-state index in [9.17, 15) is 0 Å². The highest BCUT2D eigenvalue weighted by atomic mass is 15.1. The van der Waals surface area contributed by atoms with Crippen LogP contribution < -0.4 is 0 Å². The Labute approximate surface area is 75.4 Å². The van der Waals surface area contributed by atoms with Gasteiger partial charge in [-0.2, -0.15) is 0 Å². The standard InChI is InChI=1S/C11H19N/c1-2-10-4-3-7-12(8-10)9-11-5-6-11/h3-4,10-11H,2,5-9H2,1H3. The first-order valence-electron chi connectivity index (χ1n) is 5.27. The molecular formula is C11H19N. The maximum Gasteiger partial charge on any atom is 0.0163 e. The molecule has 2 rings (SSSR count). The summed E-state index contributed by atoms with van der Waals surface area (Å²) in [6, 6.07) is 0. The van der Waals surface area contributed by atoms with Crippen molar-refractivity contribution >= 4 is 0 Å². The number of rotatable bonds is 3. The first-order chi connectivity index (χ1) is 5.88. The van der Waals surface area contributed by atoms with Crippen molar-refractivity contribution in [3.8, 4) is 0 Å². The van der Waals surface area contributed by atoms with Gasteiger partial charge in [-0.05, 0) is 31.1 Å². The van der Waals surface area contributed by atoms with E-state index in [1.807, 2.05) is 0 Å². The Balaban J connectivity index is 1.79. The van der Waals surface area contributed by atoms with Crippen LogP contribution >= 0.6 is 0 Å². The Morgan fingerprint density at radius 2 is 2.25 bits per heavy atom. The summed E-state index contributed by atoms with van der Waals surface area (Å²) in [5.74, 6) is 1.88. The number of hydrogen-bond donors (Lipinski definition) is 0. The van der Waals surface area contributed by atoms with Gasteiger partial charge in [0.15, 0.2) is 0 Å². The van der Waals surface area contributed by atoms with Crippen molar-refractivity contribution in [3.63, 3.8) is 0 Å². The lowest BCUT2D eigenvalue weighted by Crippen LogP contribution is -2.33. The predicted octanol–water partition coefficient (Wildman–Crippen LogP) is 2.29. The van der Waals surface area contributed by atoms with Crippen LogP contribution in [0.15, 0.2) is 12.2 Å². The van der Waals surface area contributed by atoms with E-state index in [2.05, 4.69) is 24.0 Å². The average Bonchev–Trinajstić information content (AvgIpc) is 2.89. The Hall–Kier alpha value is -0.300. The summed E-state index contributed by atoms with van der Waals surface area (Å²) in [7, 11) is 0. The molecule has 0 aromatic heterocycles. The third-order valence-corrected chi connectivity index (χ3v) is 3.00. The molecule has 2 aliphatic rings. The molecule has 1 fully saturated rings. The minimum atomic E-state index is 0.831. The Morgan fingerprint density at radius 3 is 2.92 bits per heavy atom. The van der Waals surface area contributed by atoms with Gasteiger partial charge in [-0.1, -0.05) is 19.1 Å². The number of hydrogen-bond acceptors (Lipinski definition) is 1. The van der Waals surface area contributed by atoms with E-state index in [0.717, 1.165) is 11.8 Å². The Kier molecular flexibility index (Phi) is 2.50. The highest BCUT2D eigenvalue weighted by Gasteiger charge is 2.25. The van der Waals surface area contributed by atoms with Crippen LogP contribution in [0.4, 0.5) is 0 Å². The van der Waals surface area contributed by atoms with Gasteiger partial charge >= 0.3 is 0 Å². The van der Waals surface area contributed by atoms with Gasteiger partial charge in [0.1, 0.15) is 0 Å². The van der Waals surface area contributed by atoms with Crippen LogP contribution in [0.3, 0.4) is 0 Å². The van der Waals surface area contributed by atoms with Crippen LogP contribution in [0.5, 0.6) is 0 Å². The zero-order chi connectivity index (χ0) is 8.39. The molecule has 1 nitrogen and oxygen atoms in total. The molecule has 0 saturated heterocycles. The van der Waals surface area contributed by atoms with Crippen molar-refractivity contribution in [2.75, 3.05) is 19.6 Å². The topological polar surface area (TPSA) is 3.24 Å². The highest BCUT2D eigenvalue weighted by Crippen LogP contribution is 2.30. The van der Waals surface area contributed by atoms with E-state index in [4.69, 9.17) is 0 Å². The first kappa shape index (κ1) is 8.31. The average molecular weight is 165 g/mol. The van der Waals surface area contributed by atoms with Gasteiger partial charge in [0, 0.05) is 19.6 Å². The molecule has 0 amide bonds. The fourth-order valence-corrected chi connectivity index (χ4v) is 1.95. The van der Waals surface area contributed by atoms with Gasteiger partial charge in [-0.15, -0.1) is 0 Å². The molecule has 1 heteroatoms. The molecule has 0 aromatic carbocycles. The molecule has 0 spiro atoms. The molecule has 0 bridgehead atoms. The maximum absolute atomic E-state index is 2.62. The van der Waals surface area contributed by atoms with Crippen molar-refractivity contribution in [2.45, 2.75) is 26.2 Å². The minimum absolute atomic E-state index is 0.831. The molecule has 1 saturated carbocycles. The summed E-state index contributed by atoms with van der Waals surface area (Å²) < 4.78 is 0. The molecule has 0 aromatic rings. The Morgan fingerprint density at radius 1 is 1.42 bits per heavy atom. The second-order valence-electron chi connectivity index (χ2n) is 4.26. The molecule has 0 N–H and O–H groups in total. The fraction of sp³-hybridized carbons (Fsp3) is 0.818. The molecule has 1 atom stereocenters. The lowest BCUT2D eigenvalue weighted by molar-refractivity contribution is 0.247. The van der Waals surface area contributed by atoms with Gasteiger partial charge in [0.25, 0.3) is 0 Å². The number of nitrogens with zero attached hydrogens (tertiary/aromatic N) is 1. The van der Waals surface area contributed by atoms with Gasteiger partial charge < -0.3 is 0 Å². The van der Waals surface area contributed by atoms with Gasteiger partial charge in [-0.3, -0.25) is 4.90 Å². The first-order valence-corrected chi connectivity index (χ1v) is 5.27. The van der Waals surface area contributed by atoms with Crippen molar-refractivity contribution in [1.29, 1.82) is 0 Å². The fourth-order valence-electron chi connectivity index (χ4n) is 1.95. The third kappa shape index (κ3) is 2.10. The minimum Gasteiger partial charge on any atom is -0.299 e. The van der Waals surface area contributed by atoms with E-state index < -0.39 is 0 Å². The van der Waals surface area contributed by atoms with Gasteiger partial charge in [-0.25, -0.2) is 0 Å². The zero-order valence-corrected chi connectivity index (χ0v) is 8.00. The van der Waals surface area contributed by atoms with E-state index >= 15 is 0 Å². The molecule has 1 heterocycles. The molecule has 1 aliphatic carbocycles. The van der Waals surface area contributed by atoms with E-state index in [1.54, 1.807) is 0 Å². The van der Waals surface area contributed by atoms with Crippen molar-refractivity contribution in [3.05, 3.63) is 12.2 Å². The second kappa shape index (κ2) is 3.61. The SMILES string of the molecule is CCC1C=CCN(CC2CC2)C1. The summed E-state index contributed by atoms with van der Waals surface area (Å²) in [4.78, 5) is 2.62. The molecule has 1 unspecified atom stereocenters. The van der Waals surface area contributed by atoms with Crippen molar-refractivity contribution < 1.29 is 0 Å². The van der Waals surface area contributed by atoms with E-state index in [1.165, 1.54) is 38.9 Å². The maximum atomic E-state index is 2.62. The zero-order valence-electron chi connectivity index (χ0n) is 8.00. The monoisotopic (exact) mass is 165 g/mol. The normalized spacial score (nSPS) is 30.9. The van der Waals surface area contributed by atoms with Gasteiger partial charge in [0.05, 0.1) is 0 Å². The van der Waals surface area contributed by atoms with Crippen molar-refractivity contribution in [1.82, 2.24) is 4.90 Å². The summed E-state index contributed by atoms with van der Waals surface area (Å²) in [6.45, 7) is 6.16. The lowest BCUT2D eigenvalue weighted by Gasteiger charge is -2.28. The van der Waals surface area contributed by atoms with E-state index in [0.29, 0.717) is 0 Å². The third-order valence-electron chi connectivity index (χ3n) is 3.00. The van der Waals surface area contributed by atoms with Crippen LogP contribution in [0.2, 0.25) is 0 Å². The quantitative estimate of drug-likeness (QED) is 0.580. The predicted molar refractivity (Wildman–Crippen MR) is 52.1 cm³/mol. The Bertz CT molecular complexity index is 170. The van der Waals surface area contributed by atoms with E-state index in [-0.39, 0.29) is 0 Å². The van der Waals surface area contributed by atoms with Crippen molar-refractivity contribution in [2.24, 2.45) is 11.8 Å².